The summed E-state index contributed by atoms with van der Waals surface area (Å²) in [4.78, 5) is 60.9. The SMILES string of the molecule is Nc1nc2ncc(CNc3ccc(C(=O)N[C@@H](CC(N)C(=O)O)C(=O)O)cc3)nc2c(=O)[nH]1. The molecule has 2 aromatic heterocycles. The molecule has 1 unspecified atom stereocenters. The predicted molar refractivity (Wildman–Crippen MR) is 115 cm³/mol. The normalized spacial score (nSPS) is 12.6. The standard InChI is InChI=1S/C19H20N8O6/c20-11(17(30)31)5-12(18(32)33)25-15(28)8-1-3-9(4-2-8)22-6-10-7-23-14-13(24-10)16(29)27-19(21)26-14/h1-4,7,11-12,22H,5-6,20H2,(H,25,28)(H,30,31)(H,32,33)(H3,21,23,26,27,29)/t11?,12-/m0/s1. The van der Waals surface area contributed by atoms with Gasteiger partial charge in [-0.25, -0.2) is 14.8 Å². The number of carbonyl (C=O) groups is 3. The van der Waals surface area contributed by atoms with Crippen LogP contribution < -0.4 is 27.7 Å². The van der Waals surface area contributed by atoms with E-state index in [1.165, 1.54) is 18.3 Å². The Morgan fingerprint density at radius 1 is 1.09 bits per heavy atom. The number of aromatic amines is 1. The molecule has 9 N–H and O–H groups in total. The van der Waals surface area contributed by atoms with E-state index in [4.69, 9.17) is 16.6 Å². The Balaban J connectivity index is 1.63. The maximum atomic E-state index is 12.3. The Morgan fingerprint density at radius 2 is 1.79 bits per heavy atom. The average Bonchev–Trinajstić information content (AvgIpc) is 2.77. The summed E-state index contributed by atoms with van der Waals surface area (Å²) in [6, 6.07) is 3.18. The van der Waals surface area contributed by atoms with E-state index in [1.54, 1.807) is 12.1 Å². The molecule has 0 fully saturated rings. The number of amides is 1. The number of nitrogens with zero attached hydrogens (tertiary/aromatic N) is 3. The van der Waals surface area contributed by atoms with Gasteiger partial charge in [-0.2, -0.15) is 4.98 Å². The highest BCUT2D eigenvalue weighted by Gasteiger charge is 2.26. The molecule has 14 nitrogen and oxygen atoms in total. The first-order valence-corrected chi connectivity index (χ1v) is 9.51. The first-order valence-electron chi connectivity index (χ1n) is 9.51. The minimum absolute atomic E-state index is 0.0473. The van der Waals surface area contributed by atoms with Gasteiger partial charge in [0, 0.05) is 17.7 Å². The van der Waals surface area contributed by atoms with Crippen LogP contribution in [0.15, 0.2) is 35.3 Å². The average molecular weight is 456 g/mol. The lowest BCUT2D eigenvalue weighted by Crippen LogP contribution is -2.46. The quantitative estimate of drug-likeness (QED) is 0.203. The zero-order valence-corrected chi connectivity index (χ0v) is 17.0. The summed E-state index contributed by atoms with van der Waals surface area (Å²) in [6.07, 6.45) is 0.977. The molecule has 0 aliphatic heterocycles. The number of nitrogens with one attached hydrogen (secondary N) is 3. The van der Waals surface area contributed by atoms with Crippen LogP contribution in [0.1, 0.15) is 22.5 Å². The van der Waals surface area contributed by atoms with Crippen molar-refractivity contribution in [3.05, 3.63) is 52.1 Å². The largest absolute Gasteiger partial charge is 0.480 e. The van der Waals surface area contributed by atoms with Crippen LogP contribution in [0.3, 0.4) is 0 Å². The maximum absolute atomic E-state index is 12.3. The van der Waals surface area contributed by atoms with Gasteiger partial charge in [0.25, 0.3) is 11.5 Å². The summed E-state index contributed by atoms with van der Waals surface area (Å²) in [5.41, 5.74) is 11.7. The number of benzene rings is 1. The second-order valence-corrected chi connectivity index (χ2v) is 6.96. The number of nitrogen functional groups attached to an aromatic ring is 1. The van der Waals surface area contributed by atoms with Crippen molar-refractivity contribution >= 4 is 40.6 Å². The first-order chi connectivity index (χ1) is 15.6. The van der Waals surface area contributed by atoms with E-state index < -0.39 is 41.9 Å². The van der Waals surface area contributed by atoms with Crippen LogP contribution in [0.5, 0.6) is 0 Å². The molecule has 172 valence electrons. The number of carboxylic acids is 2. The van der Waals surface area contributed by atoms with Crippen molar-refractivity contribution < 1.29 is 24.6 Å². The zero-order valence-electron chi connectivity index (χ0n) is 17.0. The second-order valence-electron chi connectivity index (χ2n) is 6.96. The van der Waals surface area contributed by atoms with E-state index >= 15 is 0 Å². The zero-order chi connectivity index (χ0) is 24.1. The van der Waals surface area contributed by atoms with Crippen molar-refractivity contribution in [3.8, 4) is 0 Å². The maximum Gasteiger partial charge on any atom is 0.326 e. The number of H-pyrrole nitrogens is 1. The Labute approximate surface area is 185 Å². The highest BCUT2D eigenvalue weighted by Crippen LogP contribution is 2.12. The van der Waals surface area contributed by atoms with Crippen molar-refractivity contribution in [1.29, 1.82) is 0 Å². The second kappa shape index (κ2) is 9.69. The third kappa shape index (κ3) is 5.76. The van der Waals surface area contributed by atoms with Gasteiger partial charge < -0.3 is 32.3 Å². The molecule has 2 heterocycles. The van der Waals surface area contributed by atoms with Gasteiger partial charge in [0.05, 0.1) is 18.4 Å². The molecular weight excluding hydrogens is 436 g/mol. The van der Waals surface area contributed by atoms with Crippen LogP contribution in [0.25, 0.3) is 11.2 Å². The van der Waals surface area contributed by atoms with Crippen LogP contribution in [0.4, 0.5) is 11.6 Å². The lowest BCUT2D eigenvalue weighted by Gasteiger charge is -2.16. The molecule has 1 amide bonds. The molecule has 0 saturated heterocycles. The number of hydrogen-bond donors (Lipinski definition) is 7. The van der Waals surface area contributed by atoms with Crippen molar-refractivity contribution in [2.24, 2.45) is 5.73 Å². The summed E-state index contributed by atoms with van der Waals surface area (Å²) in [5, 5.41) is 23.3. The number of hydrogen-bond acceptors (Lipinski definition) is 10. The van der Waals surface area contributed by atoms with Gasteiger partial charge in [-0.1, -0.05) is 0 Å². The summed E-state index contributed by atoms with van der Waals surface area (Å²) in [5.74, 6) is -3.52. The van der Waals surface area contributed by atoms with Gasteiger partial charge in [0.15, 0.2) is 11.2 Å². The third-order valence-corrected chi connectivity index (χ3v) is 4.52. The molecule has 14 heteroatoms. The van der Waals surface area contributed by atoms with Gasteiger partial charge in [-0.05, 0) is 24.3 Å². The summed E-state index contributed by atoms with van der Waals surface area (Å²) in [6.45, 7) is 0.215. The van der Waals surface area contributed by atoms with Gasteiger partial charge in [-0.15, -0.1) is 0 Å². The number of aromatic nitrogens is 4. The monoisotopic (exact) mass is 456 g/mol. The number of carbonyl (C=O) groups excluding carboxylic acids is 1. The van der Waals surface area contributed by atoms with Crippen LogP contribution in [0, 0.1) is 0 Å². The van der Waals surface area contributed by atoms with Crippen LogP contribution in [-0.2, 0) is 16.1 Å². The number of anilines is 2. The van der Waals surface area contributed by atoms with Crippen molar-refractivity contribution in [2.75, 3.05) is 11.1 Å². The molecule has 0 radical (unpaired) electrons. The Bertz CT molecular complexity index is 1260. The molecular formula is C19H20N8O6. The van der Waals surface area contributed by atoms with E-state index in [9.17, 15) is 24.3 Å². The molecule has 3 aromatic rings. The topological polar surface area (TPSA) is 239 Å². The smallest absolute Gasteiger partial charge is 0.326 e. The molecule has 33 heavy (non-hydrogen) atoms. The van der Waals surface area contributed by atoms with E-state index in [0.29, 0.717) is 11.4 Å². The molecule has 3 rings (SSSR count). The molecule has 1 aromatic carbocycles. The third-order valence-electron chi connectivity index (χ3n) is 4.52. The fraction of sp³-hybridized carbons (Fsp3) is 0.211. The lowest BCUT2D eigenvalue weighted by molar-refractivity contribution is -0.141. The molecule has 2 atom stereocenters. The summed E-state index contributed by atoms with van der Waals surface area (Å²) >= 11 is 0. The van der Waals surface area contributed by atoms with Crippen molar-refractivity contribution in [1.82, 2.24) is 25.3 Å². The molecule has 0 aliphatic rings. The van der Waals surface area contributed by atoms with E-state index in [0.717, 1.165) is 0 Å². The predicted octanol–water partition coefficient (Wildman–Crippen LogP) is -1.11. The molecule has 0 spiro atoms. The molecule has 0 aliphatic carbocycles. The Kier molecular flexibility index (Phi) is 6.78. The van der Waals surface area contributed by atoms with Gasteiger partial charge in [-0.3, -0.25) is 19.4 Å². The summed E-state index contributed by atoms with van der Waals surface area (Å²) < 4.78 is 0. The van der Waals surface area contributed by atoms with Crippen LogP contribution in [-0.4, -0.2) is 60.1 Å². The number of rotatable bonds is 9. The van der Waals surface area contributed by atoms with Crippen LogP contribution >= 0.6 is 0 Å². The molecule has 0 bridgehead atoms. The fourth-order valence-electron chi connectivity index (χ4n) is 2.81. The van der Waals surface area contributed by atoms with Crippen molar-refractivity contribution in [3.63, 3.8) is 0 Å². The number of fused-ring (bicyclic) bond motifs is 1. The minimum atomic E-state index is -1.46. The molecule has 0 saturated carbocycles. The number of carboxylic acid groups (broad SMARTS) is 2. The Morgan fingerprint density at radius 3 is 2.42 bits per heavy atom. The van der Waals surface area contributed by atoms with E-state index in [2.05, 4.69) is 30.6 Å². The highest BCUT2D eigenvalue weighted by molar-refractivity contribution is 5.97. The van der Waals surface area contributed by atoms with Gasteiger partial charge in [0.1, 0.15) is 12.1 Å². The van der Waals surface area contributed by atoms with Crippen molar-refractivity contribution in [2.45, 2.75) is 25.0 Å². The minimum Gasteiger partial charge on any atom is -0.480 e. The number of nitrogens with two attached hydrogens (primary N) is 2. The van der Waals surface area contributed by atoms with Gasteiger partial charge >= 0.3 is 11.9 Å². The Hall–Kier alpha value is -4.59. The fourth-order valence-corrected chi connectivity index (χ4v) is 2.81. The number of aliphatic carboxylic acids is 2. The van der Waals surface area contributed by atoms with E-state index in [1.807, 2.05) is 0 Å². The lowest BCUT2D eigenvalue weighted by atomic mass is 10.1. The highest BCUT2D eigenvalue weighted by atomic mass is 16.4. The first kappa shape index (κ1) is 23.1. The summed E-state index contributed by atoms with van der Waals surface area (Å²) in [7, 11) is 0. The van der Waals surface area contributed by atoms with Gasteiger partial charge in [0.2, 0.25) is 5.95 Å². The van der Waals surface area contributed by atoms with Crippen LogP contribution in [0.2, 0.25) is 0 Å². The van der Waals surface area contributed by atoms with E-state index in [-0.39, 0.29) is 29.2 Å².